The van der Waals surface area contributed by atoms with Gasteiger partial charge in [0.15, 0.2) is 0 Å². The minimum atomic E-state index is -0.858. The van der Waals surface area contributed by atoms with E-state index in [4.69, 9.17) is 26.2 Å². The Hall–Kier alpha value is -3.16. The highest BCUT2D eigenvalue weighted by atomic mass is 35.5. The van der Waals surface area contributed by atoms with Crippen LogP contribution >= 0.6 is 23.4 Å². The fraction of sp³-hybridized carbons (Fsp3) is 0.259. The molecule has 0 atom stereocenters. The van der Waals surface area contributed by atoms with Crippen molar-refractivity contribution in [1.29, 1.82) is 0 Å². The summed E-state index contributed by atoms with van der Waals surface area (Å²) in [5.74, 6) is 1.29. The summed E-state index contributed by atoms with van der Waals surface area (Å²) in [5, 5.41) is 12.1. The van der Waals surface area contributed by atoms with Gasteiger partial charge in [-0.1, -0.05) is 29.3 Å². The third kappa shape index (κ3) is 8.53. The van der Waals surface area contributed by atoms with Crippen LogP contribution in [0, 0.1) is 13.8 Å². The average Bonchev–Trinajstić information content (AvgIpc) is 2.83. The van der Waals surface area contributed by atoms with Crippen molar-refractivity contribution in [2.24, 2.45) is 0 Å². The highest BCUT2D eigenvalue weighted by Crippen LogP contribution is 2.35. The van der Waals surface area contributed by atoms with Gasteiger partial charge in [0.2, 0.25) is 0 Å². The predicted octanol–water partition coefficient (Wildman–Crippen LogP) is 6.51. The number of hydrogen-bond donors (Lipinski definition) is 2. The molecule has 0 spiro atoms. The van der Waals surface area contributed by atoms with Gasteiger partial charge in [-0.2, -0.15) is 0 Å². The molecule has 184 valence electrons. The van der Waals surface area contributed by atoms with Crippen LogP contribution in [0.5, 0.6) is 17.2 Å². The van der Waals surface area contributed by atoms with Crippen LogP contribution in [0.2, 0.25) is 5.02 Å². The number of carboxylic acid groups (broad SMARTS) is 1. The number of thioether (sulfide) groups is 1. The Labute approximate surface area is 214 Å². The Kier molecular flexibility index (Phi) is 9.87. The van der Waals surface area contributed by atoms with Gasteiger partial charge in [-0.25, -0.2) is 0 Å². The lowest BCUT2D eigenvalue weighted by molar-refractivity contribution is -0.137. The number of rotatable bonds is 12. The minimum Gasteiger partial charge on any atom is -0.493 e. The summed E-state index contributed by atoms with van der Waals surface area (Å²) in [6, 6.07) is 18.5. The van der Waals surface area contributed by atoms with E-state index in [1.165, 1.54) is 10.5 Å². The van der Waals surface area contributed by atoms with Crippen molar-refractivity contribution in [1.82, 2.24) is 5.32 Å². The normalized spacial score (nSPS) is 10.6. The zero-order valence-electron chi connectivity index (χ0n) is 19.7. The second-order valence-electron chi connectivity index (χ2n) is 7.94. The van der Waals surface area contributed by atoms with Gasteiger partial charge in [0.05, 0.1) is 11.6 Å². The van der Waals surface area contributed by atoms with Gasteiger partial charge in [0.25, 0.3) is 5.91 Å². The first-order chi connectivity index (χ1) is 16.8. The summed E-state index contributed by atoms with van der Waals surface area (Å²) in [6.07, 6.45) is 0.448. The molecule has 0 aliphatic rings. The lowest BCUT2D eigenvalue weighted by Gasteiger charge is -2.13. The molecule has 0 fully saturated rings. The van der Waals surface area contributed by atoms with E-state index in [1.807, 2.05) is 6.92 Å². The van der Waals surface area contributed by atoms with Gasteiger partial charge < -0.3 is 19.9 Å². The van der Waals surface area contributed by atoms with E-state index in [1.54, 1.807) is 48.2 Å². The number of amides is 1. The van der Waals surface area contributed by atoms with E-state index in [0.29, 0.717) is 40.8 Å². The number of aryl methyl sites for hydroxylation is 2. The van der Waals surface area contributed by atoms with Gasteiger partial charge in [0, 0.05) is 35.2 Å². The molecule has 0 saturated heterocycles. The summed E-state index contributed by atoms with van der Waals surface area (Å²) in [6.45, 7) is 4.75. The average molecular weight is 514 g/mol. The summed E-state index contributed by atoms with van der Waals surface area (Å²) in [5.41, 5.74) is 2.59. The van der Waals surface area contributed by atoms with E-state index in [2.05, 4.69) is 36.5 Å². The molecule has 3 aromatic rings. The van der Waals surface area contributed by atoms with Gasteiger partial charge >= 0.3 is 5.97 Å². The molecule has 1 amide bonds. The third-order valence-electron chi connectivity index (χ3n) is 5.04. The van der Waals surface area contributed by atoms with Crippen molar-refractivity contribution >= 4 is 35.2 Å². The molecule has 0 saturated carbocycles. The molecule has 0 aliphatic carbocycles. The molecular weight excluding hydrogens is 486 g/mol. The maximum absolute atomic E-state index is 12.4. The van der Waals surface area contributed by atoms with Crippen LogP contribution in [0.4, 0.5) is 0 Å². The highest BCUT2D eigenvalue weighted by molar-refractivity contribution is 7.99. The fourth-order valence-corrected chi connectivity index (χ4v) is 4.17. The number of nitrogens with one attached hydrogen (secondary N) is 1. The van der Waals surface area contributed by atoms with Crippen molar-refractivity contribution in [3.8, 4) is 17.2 Å². The van der Waals surface area contributed by atoms with E-state index >= 15 is 0 Å². The Bertz CT molecular complexity index is 1150. The van der Waals surface area contributed by atoms with Crippen molar-refractivity contribution in [3.05, 3.63) is 82.4 Å². The molecule has 0 aliphatic heterocycles. The van der Waals surface area contributed by atoms with Gasteiger partial charge in [-0.15, -0.1) is 11.8 Å². The summed E-state index contributed by atoms with van der Waals surface area (Å²) >= 11 is 8.03. The van der Waals surface area contributed by atoms with Gasteiger partial charge in [0.1, 0.15) is 17.2 Å². The van der Waals surface area contributed by atoms with Crippen LogP contribution in [0.25, 0.3) is 0 Å². The van der Waals surface area contributed by atoms with E-state index in [9.17, 15) is 9.59 Å². The summed E-state index contributed by atoms with van der Waals surface area (Å²) in [4.78, 5) is 24.3. The maximum atomic E-state index is 12.4. The Morgan fingerprint density at radius 2 is 1.71 bits per heavy atom. The van der Waals surface area contributed by atoms with Crippen molar-refractivity contribution in [3.63, 3.8) is 0 Å². The SMILES string of the molecule is Cc1ccc(SCCNC(=O)c2ccc(Oc3cc(OCCCC(=O)O)c(C)cc3Cl)cc2)cc1. The minimum absolute atomic E-state index is 0.0432. The molecular formula is C27H28ClNO5S. The van der Waals surface area contributed by atoms with Crippen LogP contribution < -0.4 is 14.8 Å². The molecule has 35 heavy (non-hydrogen) atoms. The van der Waals surface area contributed by atoms with Gasteiger partial charge in [-0.3, -0.25) is 9.59 Å². The number of hydrogen-bond acceptors (Lipinski definition) is 5. The Balaban J connectivity index is 1.51. The molecule has 3 rings (SSSR count). The monoisotopic (exact) mass is 513 g/mol. The van der Waals surface area contributed by atoms with E-state index in [-0.39, 0.29) is 18.9 Å². The molecule has 0 heterocycles. The zero-order chi connectivity index (χ0) is 25.2. The smallest absolute Gasteiger partial charge is 0.303 e. The standard InChI is InChI=1S/C27H28ClNO5S/c1-18-5-11-22(12-6-18)35-15-13-29-27(32)20-7-9-21(10-8-20)34-25-17-24(19(2)16-23(25)28)33-14-3-4-26(30)31/h5-12,16-17H,3-4,13-15H2,1-2H3,(H,29,32)(H,30,31). The van der Waals surface area contributed by atoms with E-state index < -0.39 is 5.97 Å². The second-order valence-corrected chi connectivity index (χ2v) is 9.51. The first kappa shape index (κ1) is 26.4. The number of benzene rings is 3. The lowest BCUT2D eigenvalue weighted by atomic mass is 10.2. The highest BCUT2D eigenvalue weighted by Gasteiger charge is 2.11. The van der Waals surface area contributed by atoms with Crippen molar-refractivity contribution in [2.45, 2.75) is 31.6 Å². The van der Waals surface area contributed by atoms with E-state index in [0.717, 1.165) is 11.3 Å². The van der Waals surface area contributed by atoms with Crippen LogP contribution in [-0.4, -0.2) is 35.9 Å². The summed E-state index contributed by atoms with van der Waals surface area (Å²) < 4.78 is 11.6. The number of carbonyl (C=O) groups is 2. The van der Waals surface area contributed by atoms with Gasteiger partial charge in [-0.05, 0) is 68.3 Å². The molecule has 8 heteroatoms. The number of halogens is 1. The van der Waals surface area contributed by atoms with Crippen LogP contribution in [0.15, 0.2) is 65.6 Å². The number of carbonyl (C=O) groups excluding carboxylic acids is 1. The fourth-order valence-electron chi connectivity index (χ4n) is 3.14. The third-order valence-corrected chi connectivity index (χ3v) is 6.35. The number of ether oxygens (including phenoxy) is 2. The molecule has 3 aromatic carbocycles. The molecule has 0 bridgehead atoms. The second kappa shape index (κ2) is 13.1. The predicted molar refractivity (Wildman–Crippen MR) is 139 cm³/mol. The zero-order valence-corrected chi connectivity index (χ0v) is 21.2. The topological polar surface area (TPSA) is 84.9 Å². The van der Waals surface area contributed by atoms with Crippen LogP contribution in [-0.2, 0) is 4.79 Å². The van der Waals surface area contributed by atoms with Crippen molar-refractivity contribution in [2.75, 3.05) is 18.9 Å². The number of aliphatic carboxylic acids is 1. The van der Waals surface area contributed by atoms with Crippen molar-refractivity contribution < 1.29 is 24.2 Å². The molecule has 0 aromatic heterocycles. The Morgan fingerprint density at radius 3 is 2.40 bits per heavy atom. The lowest BCUT2D eigenvalue weighted by Crippen LogP contribution is -2.25. The van der Waals surface area contributed by atoms with Crippen LogP contribution in [0.1, 0.15) is 34.3 Å². The first-order valence-electron chi connectivity index (χ1n) is 11.2. The largest absolute Gasteiger partial charge is 0.493 e. The number of carboxylic acids is 1. The molecule has 2 N–H and O–H groups in total. The Morgan fingerprint density at radius 1 is 1.00 bits per heavy atom. The quantitative estimate of drug-likeness (QED) is 0.212. The summed E-state index contributed by atoms with van der Waals surface area (Å²) in [7, 11) is 0. The molecule has 0 unspecified atom stereocenters. The maximum Gasteiger partial charge on any atom is 0.303 e. The first-order valence-corrected chi connectivity index (χ1v) is 12.6. The molecule has 0 radical (unpaired) electrons. The van der Waals surface area contributed by atoms with Crippen LogP contribution in [0.3, 0.4) is 0 Å². The molecule has 6 nitrogen and oxygen atoms in total.